The molecule has 2 fully saturated rings. The Hall–Kier alpha value is -2.07. The van der Waals surface area contributed by atoms with E-state index in [9.17, 15) is 9.90 Å². The Morgan fingerprint density at radius 2 is 1.72 bits per heavy atom. The molecule has 0 spiro atoms. The quantitative estimate of drug-likeness (QED) is 0.594. The van der Waals surface area contributed by atoms with Crippen molar-refractivity contribution in [1.82, 2.24) is 14.7 Å². The second-order valence-electron chi connectivity index (χ2n) is 8.32. The minimum Gasteiger partial charge on any atom is -0.493 e. The molecule has 0 saturated carbocycles. The Balaban J connectivity index is 1.54. The number of aliphatic hydroxyl groups excluding tert-OH is 1. The van der Waals surface area contributed by atoms with Crippen LogP contribution in [0.5, 0.6) is 17.2 Å². The van der Waals surface area contributed by atoms with Crippen molar-refractivity contribution < 1.29 is 28.8 Å². The van der Waals surface area contributed by atoms with E-state index >= 15 is 0 Å². The number of rotatable bonds is 9. The van der Waals surface area contributed by atoms with Crippen molar-refractivity contribution in [3.05, 3.63) is 17.7 Å². The molecule has 1 aromatic carbocycles. The average Bonchev–Trinajstić information content (AvgIpc) is 2.83. The zero-order valence-electron chi connectivity index (χ0n) is 19.7. The molecule has 3 rings (SSSR count). The van der Waals surface area contributed by atoms with Gasteiger partial charge >= 0.3 is 0 Å². The fourth-order valence-corrected chi connectivity index (χ4v) is 4.29. The van der Waals surface area contributed by atoms with Gasteiger partial charge in [-0.1, -0.05) is 6.92 Å². The average molecular weight is 452 g/mol. The summed E-state index contributed by atoms with van der Waals surface area (Å²) in [5.41, 5.74) is 0.522. The largest absolute Gasteiger partial charge is 0.493 e. The number of piperazine rings is 1. The van der Waals surface area contributed by atoms with Crippen LogP contribution in [-0.2, 0) is 4.74 Å². The molecule has 1 aromatic rings. The SMILES string of the molecule is CCC(O)CN1CCOC(CN2CCN(C(=O)c3cc(OC)c(OC)c(OC)c3)CC2)C1. The van der Waals surface area contributed by atoms with Crippen molar-refractivity contribution in [3.63, 3.8) is 0 Å². The minimum atomic E-state index is -0.279. The molecule has 0 aromatic heterocycles. The van der Waals surface area contributed by atoms with Crippen LogP contribution in [0.15, 0.2) is 12.1 Å². The van der Waals surface area contributed by atoms with Crippen LogP contribution in [-0.4, -0.2) is 118 Å². The Bertz CT molecular complexity index is 728. The summed E-state index contributed by atoms with van der Waals surface area (Å²) in [6.45, 7) is 8.84. The summed E-state index contributed by atoms with van der Waals surface area (Å²) >= 11 is 0. The minimum absolute atomic E-state index is 0.0439. The third-order valence-corrected chi connectivity index (χ3v) is 6.20. The normalized spacial score (nSPS) is 21.3. The maximum atomic E-state index is 13.1. The first-order valence-corrected chi connectivity index (χ1v) is 11.3. The number of amides is 1. The molecule has 2 saturated heterocycles. The van der Waals surface area contributed by atoms with Crippen LogP contribution in [0.25, 0.3) is 0 Å². The number of ether oxygens (including phenoxy) is 4. The summed E-state index contributed by atoms with van der Waals surface area (Å²) in [4.78, 5) is 19.6. The molecule has 1 amide bonds. The van der Waals surface area contributed by atoms with E-state index in [-0.39, 0.29) is 18.1 Å². The van der Waals surface area contributed by atoms with Crippen LogP contribution in [0.4, 0.5) is 0 Å². The van der Waals surface area contributed by atoms with Crippen molar-refractivity contribution in [2.24, 2.45) is 0 Å². The van der Waals surface area contributed by atoms with Crippen molar-refractivity contribution >= 4 is 5.91 Å². The third-order valence-electron chi connectivity index (χ3n) is 6.20. The van der Waals surface area contributed by atoms with Gasteiger partial charge in [0.1, 0.15) is 0 Å². The third kappa shape index (κ3) is 6.04. The molecule has 2 aliphatic rings. The molecule has 9 heteroatoms. The predicted octanol–water partition coefficient (Wildman–Crippen LogP) is 0.942. The van der Waals surface area contributed by atoms with E-state index in [4.69, 9.17) is 18.9 Å². The Morgan fingerprint density at radius 3 is 2.28 bits per heavy atom. The maximum absolute atomic E-state index is 13.1. The van der Waals surface area contributed by atoms with Crippen LogP contribution in [0, 0.1) is 0 Å². The number of hydrogen-bond acceptors (Lipinski definition) is 8. The molecule has 0 radical (unpaired) electrons. The summed E-state index contributed by atoms with van der Waals surface area (Å²) < 4.78 is 22.1. The molecule has 180 valence electrons. The molecule has 9 nitrogen and oxygen atoms in total. The highest BCUT2D eigenvalue weighted by atomic mass is 16.5. The van der Waals surface area contributed by atoms with Gasteiger partial charge in [0.05, 0.1) is 40.1 Å². The van der Waals surface area contributed by atoms with Gasteiger partial charge in [0.2, 0.25) is 5.75 Å². The number of carbonyl (C=O) groups excluding carboxylic acids is 1. The maximum Gasteiger partial charge on any atom is 0.254 e. The predicted molar refractivity (Wildman–Crippen MR) is 121 cm³/mol. The number of benzene rings is 1. The number of carbonyl (C=O) groups is 1. The Labute approximate surface area is 190 Å². The van der Waals surface area contributed by atoms with Gasteiger partial charge in [-0.15, -0.1) is 0 Å². The van der Waals surface area contributed by atoms with Gasteiger partial charge in [-0.05, 0) is 18.6 Å². The van der Waals surface area contributed by atoms with E-state index in [1.165, 1.54) is 0 Å². The second kappa shape index (κ2) is 11.7. The van der Waals surface area contributed by atoms with Gasteiger partial charge < -0.3 is 29.0 Å². The highest BCUT2D eigenvalue weighted by Crippen LogP contribution is 2.38. The van der Waals surface area contributed by atoms with E-state index < -0.39 is 0 Å². The zero-order valence-corrected chi connectivity index (χ0v) is 19.7. The van der Waals surface area contributed by atoms with Crippen LogP contribution in [0.1, 0.15) is 23.7 Å². The Kier molecular flexibility index (Phi) is 8.98. The summed E-state index contributed by atoms with van der Waals surface area (Å²) in [5, 5.41) is 9.94. The molecular weight excluding hydrogens is 414 g/mol. The first-order valence-electron chi connectivity index (χ1n) is 11.3. The molecule has 1 N–H and O–H groups in total. The van der Waals surface area contributed by atoms with E-state index in [2.05, 4.69) is 9.80 Å². The second-order valence-corrected chi connectivity index (χ2v) is 8.32. The van der Waals surface area contributed by atoms with Gasteiger partial charge in [0.15, 0.2) is 11.5 Å². The van der Waals surface area contributed by atoms with E-state index in [0.29, 0.717) is 49.1 Å². The number of aliphatic hydroxyl groups is 1. The fraction of sp³-hybridized carbons (Fsp3) is 0.696. The molecular formula is C23H37N3O6. The number of morpholine rings is 1. The highest BCUT2D eigenvalue weighted by molar-refractivity contribution is 5.95. The van der Waals surface area contributed by atoms with E-state index in [1.54, 1.807) is 33.5 Å². The number of nitrogens with zero attached hydrogens (tertiary/aromatic N) is 3. The van der Waals surface area contributed by atoms with Crippen LogP contribution in [0.2, 0.25) is 0 Å². The van der Waals surface area contributed by atoms with Crippen molar-refractivity contribution in [2.75, 3.05) is 80.3 Å². The van der Waals surface area contributed by atoms with Crippen LogP contribution >= 0.6 is 0 Å². The monoisotopic (exact) mass is 451 g/mol. The Morgan fingerprint density at radius 1 is 1.06 bits per heavy atom. The summed E-state index contributed by atoms with van der Waals surface area (Å²) in [5.74, 6) is 1.38. The van der Waals surface area contributed by atoms with Gasteiger partial charge in [-0.3, -0.25) is 14.6 Å². The number of hydrogen-bond donors (Lipinski definition) is 1. The molecule has 0 aliphatic carbocycles. The van der Waals surface area contributed by atoms with Crippen molar-refractivity contribution in [3.8, 4) is 17.2 Å². The summed E-state index contributed by atoms with van der Waals surface area (Å²) in [6.07, 6.45) is 0.618. The summed E-state index contributed by atoms with van der Waals surface area (Å²) in [7, 11) is 4.63. The van der Waals surface area contributed by atoms with Crippen LogP contribution < -0.4 is 14.2 Å². The number of methoxy groups -OCH3 is 3. The molecule has 32 heavy (non-hydrogen) atoms. The smallest absolute Gasteiger partial charge is 0.254 e. The lowest BCUT2D eigenvalue weighted by Crippen LogP contribution is -2.54. The molecule has 2 unspecified atom stereocenters. The molecule has 2 aliphatic heterocycles. The first kappa shape index (κ1) is 24.6. The van der Waals surface area contributed by atoms with E-state index in [0.717, 1.165) is 39.1 Å². The van der Waals surface area contributed by atoms with Gasteiger partial charge in [0, 0.05) is 57.9 Å². The summed E-state index contributed by atoms with van der Waals surface area (Å²) in [6, 6.07) is 3.40. The molecule has 2 atom stereocenters. The first-order chi connectivity index (χ1) is 15.5. The fourth-order valence-electron chi connectivity index (χ4n) is 4.29. The van der Waals surface area contributed by atoms with Gasteiger partial charge in [-0.25, -0.2) is 0 Å². The lowest BCUT2D eigenvalue weighted by Gasteiger charge is -2.39. The van der Waals surface area contributed by atoms with E-state index in [1.807, 2.05) is 11.8 Å². The van der Waals surface area contributed by atoms with Crippen molar-refractivity contribution in [2.45, 2.75) is 25.6 Å². The lowest BCUT2D eigenvalue weighted by atomic mass is 10.1. The zero-order chi connectivity index (χ0) is 23.1. The van der Waals surface area contributed by atoms with Crippen LogP contribution in [0.3, 0.4) is 0 Å². The number of β-amino-alcohol motifs (C(OH)–C–C–N with tert-alkyl or cyclic N) is 1. The highest BCUT2D eigenvalue weighted by Gasteiger charge is 2.28. The molecule has 0 bridgehead atoms. The van der Waals surface area contributed by atoms with Gasteiger partial charge in [-0.2, -0.15) is 0 Å². The standard InChI is InChI=1S/C23H37N3O6/c1-5-18(27)14-25-10-11-32-19(16-25)15-24-6-8-26(9-7-24)23(28)17-12-20(29-2)22(31-4)21(13-17)30-3/h12-13,18-19,27H,5-11,14-16H2,1-4H3. The lowest BCUT2D eigenvalue weighted by molar-refractivity contribution is -0.0565. The molecule has 2 heterocycles. The van der Waals surface area contributed by atoms with Gasteiger partial charge in [0.25, 0.3) is 5.91 Å². The topological polar surface area (TPSA) is 83.9 Å². The van der Waals surface area contributed by atoms with Crippen molar-refractivity contribution in [1.29, 1.82) is 0 Å².